The van der Waals surface area contributed by atoms with E-state index in [0.29, 0.717) is 17.2 Å². The third kappa shape index (κ3) is 2.77. The van der Waals surface area contributed by atoms with Gasteiger partial charge in [0.15, 0.2) is 9.84 Å². The maximum Gasteiger partial charge on any atom is 0.184 e. The molecule has 3 nitrogen and oxygen atoms in total. The number of sulfone groups is 1. The maximum absolute atomic E-state index is 12.9. The minimum absolute atomic E-state index is 0.0144. The lowest BCUT2D eigenvalue weighted by Gasteiger charge is -2.36. The normalized spacial score (nSPS) is 31.2. The molecule has 0 saturated heterocycles. The van der Waals surface area contributed by atoms with E-state index in [4.69, 9.17) is 0 Å². The molecule has 112 valence electrons. The average molecular weight is 296 g/mol. The highest BCUT2D eigenvalue weighted by Crippen LogP contribution is 2.36. The second kappa shape index (κ2) is 5.49. The molecule has 4 heteroatoms. The zero-order chi connectivity index (χ0) is 15.1. The molecule has 0 aromatic heterocycles. The van der Waals surface area contributed by atoms with Crippen molar-refractivity contribution in [2.24, 2.45) is 11.8 Å². The summed E-state index contributed by atoms with van der Waals surface area (Å²) in [5.41, 5.74) is 1.82. The second-order valence-electron chi connectivity index (χ2n) is 6.40. The van der Waals surface area contributed by atoms with Crippen molar-refractivity contribution in [2.75, 3.05) is 0 Å². The molecule has 1 aliphatic carbocycles. The van der Waals surface area contributed by atoms with Crippen molar-refractivity contribution in [3.8, 4) is 0 Å². The van der Waals surface area contributed by atoms with Crippen LogP contribution in [0.4, 0.5) is 0 Å². The number of hydrogen-bond acceptors (Lipinski definition) is 3. The van der Waals surface area contributed by atoms with Gasteiger partial charge >= 0.3 is 0 Å². The third-order valence-electron chi connectivity index (χ3n) is 4.35. The number of benzene rings is 1. The van der Waals surface area contributed by atoms with Gasteiger partial charge in [0.2, 0.25) is 0 Å². The summed E-state index contributed by atoms with van der Waals surface area (Å²) in [6.07, 6.45) is 0.657. The summed E-state index contributed by atoms with van der Waals surface area (Å²) in [5, 5.41) is 9.59. The Balaban J connectivity index is 2.44. The fraction of sp³-hybridized carbons (Fsp3) is 0.625. The highest BCUT2D eigenvalue weighted by atomic mass is 32.2. The minimum atomic E-state index is -3.48. The summed E-state index contributed by atoms with van der Waals surface area (Å²) in [5.74, 6) is 0.366. The number of hydrogen-bond donors (Lipinski definition) is 1. The van der Waals surface area contributed by atoms with Crippen LogP contribution < -0.4 is 0 Å². The van der Waals surface area contributed by atoms with Crippen molar-refractivity contribution in [2.45, 2.75) is 56.8 Å². The van der Waals surface area contributed by atoms with E-state index in [1.807, 2.05) is 32.9 Å². The van der Waals surface area contributed by atoms with Gasteiger partial charge in [-0.2, -0.15) is 0 Å². The van der Waals surface area contributed by atoms with E-state index in [9.17, 15) is 13.5 Å². The molecule has 0 aliphatic heterocycles. The lowest BCUT2D eigenvalue weighted by atomic mass is 9.81. The molecule has 0 spiro atoms. The molecule has 1 aromatic carbocycles. The summed E-state index contributed by atoms with van der Waals surface area (Å²) < 4.78 is 25.8. The van der Waals surface area contributed by atoms with Crippen LogP contribution in [0.15, 0.2) is 23.1 Å². The van der Waals surface area contributed by atoms with Gasteiger partial charge in [0.1, 0.15) is 0 Å². The molecule has 0 bridgehead atoms. The molecule has 4 unspecified atom stereocenters. The molecule has 0 heterocycles. The monoisotopic (exact) mass is 296 g/mol. The molecular weight excluding hydrogens is 272 g/mol. The number of aryl methyl sites for hydroxylation is 2. The van der Waals surface area contributed by atoms with Crippen LogP contribution >= 0.6 is 0 Å². The van der Waals surface area contributed by atoms with Crippen molar-refractivity contribution in [1.82, 2.24) is 0 Å². The minimum Gasteiger partial charge on any atom is -0.392 e. The topological polar surface area (TPSA) is 54.4 Å². The van der Waals surface area contributed by atoms with E-state index >= 15 is 0 Å². The molecule has 1 fully saturated rings. The Hall–Kier alpha value is -0.870. The molecule has 1 saturated carbocycles. The summed E-state index contributed by atoms with van der Waals surface area (Å²) in [4.78, 5) is 0.369. The first-order chi connectivity index (χ1) is 9.23. The fourth-order valence-corrected chi connectivity index (χ4v) is 5.87. The zero-order valence-electron chi connectivity index (χ0n) is 12.6. The molecule has 0 amide bonds. The first-order valence-electron chi connectivity index (χ1n) is 7.22. The van der Waals surface area contributed by atoms with Gasteiger partial charge in [-0.3, -0.25) is 0 Å². The van der Waals surface area contributed by atoms with Gasteiger partial charge in [-0.25, -0.2) is 8.42 Å². The van der Waals surface area contributed by atoms with Gasteiger partial charge in [-0.1, -0.05) is 31.5 Å². The molecule has 1 N–H and O–H groups in total. The SMILES string of the molecule is Cc1ccc(S(=O)(=O)C2C(C)CC(C)CC2O)c(C)c1. The third-order valence-corrected chi connectivity index (χ3v) is 6.92. The van der Waals surface area contributed by atoms with Crippen molar-refractivity contribution < 1.29 is 13.5 Å². The van der Waals surface area contributed by atoms with Crippen LogP contribution in [0.25, 0.3) is 0 Å². The van der Waals surface area contributed by atoms with Gasteiger partial charge in [0.05, 0.1) is 16.2 Å². The lowest BCUT2D eigenvalue weighted by molar-refractivity contribution is 0.0843. The van der Waals surface area contributed by atoms with E-state index in [2.05, 4.69) is 6.92 Å². The van der Waals surface area contributed by atoms with E-state index in [1.165, 1.54) is 0 Å². The Morgan fingerprint density at radius 3 is 2.35 bits per heavy atom. The van der Waals surface area contributed by atoms with Gasteiger partial charge in [0.25, 0.3) is 0 Å². The van der Waals surface area contributed by atoms with Crippen LogP contribution in [0.1, 0.15) is 37.8 Å². The van der Waals surface area contributed by atoms with Crippen LogP contribution in [0, 0.1) is 25.7 Å². The quantitative estimate of drug-likeness (QED) is 0.913. The fourth-order valence-electron chi connectivity index (χ4n) is 3.57. The lowest BCUT2D eigenvalue weighted by Crippen LogP contribution is -2.44. The Kier molecular flexibility index (Phi) is 4.26. The van der Waals surface area contributed by atoms with Crippen molar-refractivity contribution in [1.29, 1.82) is 0 Å². The van der Waals surface area contributed by atoms with Gasteiger partial charge in [-0.05, 0) is 50.2 Å². The smallest absolute Gasteiger partial charge is 0.184 e. The van der Waals surface area contributed by atoms with Crippen LogP contribution in [0.3, 0.4) is 0 Å². The first kappa shape index (κ1) is 15.5. The number of aliphatic hydroxyl groups is 1. The summed E-state index contributed by atoms with van der Waals surface area (Å²) in [6.45, 7) is 7.77. The predicted molar refractivity (Wildman–Crippen MR) is 80.5 cm³/mol. The van der Waals surface area contributed by atoms with E-state index in [1.54, 1.807) is 6.07 Å². The van der Waals surface area contributed by atoms with Crippen molar-refractivity contribution >= 4 is 9.84 Å². The Bertz CT molecular complexity index is 580. The number of aliphatic hydroxyl groups excluding tert-OH is 1. The van der Waals surface area contributed by atoms with Gasteiger partial charge < -0.3 is 5.11 Å². The molecular formula is C16H24O3S. The average Bonchev–Trinajstić information content (AvgIpc) is 2.25. The summed E-state index contributed by atoms with van der Waals surface area (Å²) >= 11 is 0. The molecule has 2 rings (SSSR count). The van der Waals surface area contributed by atoms with E-state index in [-0.39, 0.29) is 5.92 Å². The largest absolute Gasteiger partial charge is 0.392 e. The highest BCUT2D eigenvalue weighted by molar-refractivity contribution is 7.92. The van der Waals surface area contributed by atoms with Crippen LogP contribution in [0.5, 0.6) is 0 Å². The van der Waals surface area contributed by atoms with E-state index in [0.717, 1.165) is 17.5 Å². The second-order valence-corrected chi connectivity index (χ2v) is 8.47. The molecule has 1 aliphatic rings. The predicted octanol–water partition coefficient (Wildman–Crippen LogP) is 2.87. The Morgan fingerprint density at radius 1 is 1.15 bits per heavy atom. The molecule has 20 heavy (non-hydrogen) atoms. The summed E-state index contributed by atoms with van der Waals surface area (Å²) in [6, 6.07) is 5.38. The number of rotatable bonds is 2. The van der Waals surface area contributed by atoms with Crippen molar-refractivity contribution in [3.05, 3.63) is 29.3 Å². The van der Waals surface area contributed by atoms with Crippen molar-refractivity contribution in [3.63, 3.8) is 0 Å². The van der Waals surface area contributed by atoms with Crippen LogP contribution in [-0.4, -0.2) is 24.9 Å². The highest BCUT2D eigenvalue weighted by Gasteiger charge is 2.42. The zero-order valence-corrected chi connectivity index (χ0v) is 13.4. The van der Waals surface area contributed by atoms with Crippen LogP contribution in [0.2, 0.25) is 0 Å². The van der Waals surface area contributed by atoms with Crippen LogP contribution in [-0.2, 0) is 9.84 Å². The molecule has 1 aromatic rings. The Morgan fingerprint density at radius 2 is 1.80 bits per heavy atom. The Labute approximate surface area is 121 Å². The standard InChI is InChI=1S/C16H24O3S/c1-10-5-6-15(12(3)7-10)20(18,19)16-13(4)8-11(2)9-14(16)17/h5-7,11,13-14,16-17H,8-9H2,1-4H3. The maximum atomic E-state index is 12.9. The first-order valence-corrected chi connectivity index (χ1v) is 8.77. The molecule has 0 radical (unpaired) electrons. The van der Waals surface area contributed by atoms with Gasteiger partial charge in [0, 0.05) is 0 Å². The van der Waals surface area contributed by atoms with E-state index < -0.39 is 21.2 Å². The van der Waals surface area contributed by atoms with Gasteiger partial charge in [-0.15, -0.1) is 0 Å². The summed E-state index contributed by atoms with van der Waals surface area (Å²) in [7, 11) is -3.48. The molecule has 4 atom stereocenters.